The highest BCUT2D eigenvalue weighted by Crippen LogP contribution is 2.47. The van der Waals surface area contributed by atoms with Gasteiger partial charge in [-0.1, -0.05) is 6.07 Å². The van der Waals surface area contributed by atoms with Gasteiger partial charge in [-0.2, -0.15) is 0 Å². The number of carbonyl (C=O) groups is 2. The van der Waals surface area contributed by atoms with Gasteiger partial charge in [0.1, 0.15) is 11.9 Å². The van der Waals surface area contributed by atoms with Gasteiger partial charge in [0.05, 0.1) is 4.87 Å². The van der Waals surface area contributed by atoms with E-state index in [1.807, 2.05) is 38.6 Å². The number of carbonyl (C=O) groups excluding carboxylic acids is 2. The lowest BCUT2D eigenvalue weighted by atomic mass is 9.95. The predicted octanol–water partition coefficient (Wildman–Crippen LogP) is 1.89. The molecule has 2 aromatic heterocycles. The van der Waals surface area contributed by atoms with Crippen LogP contribution in [0, 0.1) is 0 Å². The standard InChI is InChI=1S/C19H23N5O2S/c1-19-8-5-16(25)24(19)14(12-27-19)18(26)22-10-6-13(7-11-22)17-21-20-15-4-2-3-9-23(15)17/h2-4,9,13-14H,5-8,10-12H2,1H3. The van der Waals surface area contributed by atoms with E-state index in [0.29, 0.717) is 25.4 Å². The summed E-state index contributed by atoms with van der Waals surface area (Å²) in [5.74, 6) is 2.26. The fourth-order valence-corrected chi connectivity index (χ4v) is 6.13. The normalized spacial score (nSPS) is 28.9. The average Bonchev–Trinajstić information content (AvgIpc) is 3.35. The van der Waals surface area contributed by atoms with E-state index in [1.54, 1.807) is 11.8 Å². The predicted molar refractivity (Wildman–Crippen MR) is 102 cm³/mol. The molecule has 3 saturated heterocycles. The average molecular weight is 385 g/mol. The zero-order chi connectivity index (χ0) is 18.6. The molecular weight excluding hydrogens is 362 g/mol. The summed E-state index contributed by atoms with van der Waals surface area (Å²) in [6.45, 7) is 3.52. The maximum absolute atomic E-state index is 13.1. The van der Waals surface area contributed by atoms with Crippen molar-refractivity contribution in [3.63, 3.8) is 0 Å². The highest BCUT2D eigenvalue weighted by Gasteiger charge is 2.53. The quantitative estimate of drug-likeness (QED) is 0.790. The second-order valence-electron chi connectivity index (χ2n) is 7.85. The molecule has 0 N–H and O–H groups in total. The lowest BCUT2D eigenvalue weighted by Crippen LogP contribution is -2.52. The number of piperidine rings is 1. The third kappa shape index (κ3) is 2.64. The number of thioether (sulfide) groups is 1. The number of hydrogen-bond donors (Lipinski definition) is 0. The number of hydrogen-bond acceptors (Lipinski definition) is 5. The largest absolute Gasteiger partial charge is 0.341 e. The van der Waals surface area contributed by atoms with Gasteiger partial charge in [0.2, 0.25) is 11.8 Å². The molecule has 3 aliphatic heterocycles. The van der Waals surface area contributed by atoms with Crippen molar-refractivity contribution >= 4 is 29.2 Å². The van der Waals surface area contributed by atoms with E-state index in [4.69, 9.17) is 0 Å². The van der Waals surface area contributed by atoms with Gasteiger partial charge in [-0.3, -0.25) is 14.0 Å². The van der Waals surface area contributed by atoms with Crippen molar-refractivity contribution in [2.24, 2.45) is 0 Å². The van der Waals surface area contributed by atoms with Crippen LogP contribution in [0.4, 0.5) is 0 Å². The van der Waals surface area contributed by atoms with Crippen molar-refractivity contribution in [2.45, 2.75) is 49.4 Å². The van der Waals surface area contributed by atoms with E-state index in [1.165, 1.54) is 0 Å². The summed E-state index contributed by atoms with van der Waals surface area (Å²) in [7, 11) is 0. The zero-order valence-electron chi connectivity index (χ0n) is 15.4. The molecule has 0 radical (unpaired) electrons. The Morgan fingerprint density at radius 2 is 2.07 bits per heavy atom. The van der Waals surface area contributed by atoms with Gasteiger partial charge in [0, 0.05) is 37.4 Å². The van der Waals surface area contributed by atoms with Crippen molar-refractivity contribution in [1.29, 1.82) is 0 Å². The van der Waals surface area contributed by atoms with Crippen LogP contribution in [0.5, 0.6) is 0 Å². The first kappa shape index (κ1) is 17.0. The fourth-order valence-electron chi connectivity index (χ4n) is 4.71. The Bertz CT molecular complexity index is 906. The van der Waals surface area contributed by atoms with E-state index < -0.39 is 0 Å². The number of amides is 2. The topological polar surface area (TPSA) is 70.8 Å². The third-order valence-electron chi connectivity index (χ3n) is 6.24. The monoisotopic (exact) mass is 385 g/mol. The summed E-state index contributed by atoms with van der Waals surface area (Å²) >= 11 is 1.76. The lowest BCUT2D eigenvalue weighted by Gasteiger charge is -2.36. The molecule has 27 heavy (non-hydrogen) atoms. The van der Waals surface area contributed by atoms with Crippen LogP contribution in [0.3, 0.4) is 0 Å². The Kier molecular flexibility index (Phi) is 3.93. The SMILES string of the molecule is CC12CCC(=O)N1C(C(=O)N1CCC(c3nnc4ccccn34)CC1)CS2. The molecule has 0 aromatic carbocycles. The van der Waals surface area contributed by atoms with Gasteiger partial charge >= 0.3 is 0 Å². The smallest absolute Gasteiger partial charge is 0.246 e. The Morgan fingerprint density at radius 3 is 2.89 bits per heavy atom. The van der Waals surface area contributed by atoms with Crippen molar-refractivity contribution in [1.82, 2.24) is 24.4 Å². The number of likely N-dealkylation sites (tertiary alicyclic amines) is 1. The summed E-state index contributed by atoms with van der Waals surface area (Å²) in [5.41, 5.74) is 0.862. The molecular formula is C19H23N5O2S. The van der Waals surface area contributed by atoms with Crippen LogP contribution in [0.15, 0.2) is 24.4 Å². The van der Waals surface area contributed by atoms with E-state index >= 15 is 0 Å². The highest BCUT2D eigenvalue weighted by atomic mass is 32.2. The number of aromatic nitrogens is 3. The van der Waals surface area contributed by atoms with Crippen LogP contribution >= 0.6 is 11.8 Å². The van der Waals surface area contributed by atoms with Crippen molar-refractivity contribution < 1.29 is 9.59 Å². The molecule has 2 amide bonds. The van der Waals surface area contributed by atoms with Crippen LogP contribution in [0.1, 0.15) is 44.3 Å². The van der Waals surface area contributed by atoms with E-state index in [9.17, 15) is 9.59 Å². The van der Waals surface area contributed by atoms with Crippen LogP contribution < -0.4 is 0 Å². The second-order valence-corrected chi connectivity index (χ2v) is 9.35. The van der Waals surface area contributed by atoms with Crippen LogP contribution in [0.2, 0.25) is 0 Å². The Morgan fingerprint density at radius 1 is 1.26 bits per heavy atom. The molecule has 7 nitrogen and oxygen atoms in total. The van der Waals surface area contributed by atoms with Crippen LogP contribution in [-0.4, -0.2) is 66.0 Å². The molecule has 5 rings (SSSR count). The maximum atomic E-state index is 13.1. The van der Waals surface area contributed by atoms with Crippen molar-refractivity contribution in [2.75, 3.05) is 18.8 Å². The van der Waals surface area contributed by atoms with Gasteiger partial charge in [-0.25, -0.2) is 0 Å². The minimum Gasteiger partial charge on any atom is -0.341 e. The van der Waals surface area contributed by atoms with E-state index in [-0.39, 0.29) is 22.7 Å². The zero-order valence-corrected chi connectivity index (χ0v) is 16.2. The third-order valence-corrected chi connectivity index (χ3v) is 7.75. The minimum atomic E-state index is -0.291. The first-order valence-electron chi connectivity index (χ1n) is 9.61. The van der Waals surface area contributed by atoms with Gasteiger partial charge in [-0.15, -0.1) is 22.0 Å². The Hall–Kier alpha value is -2.09. The van der Waals surface area contributed by atoms with Crippen molar-refractivity contribution in [3.8, 4) is 0 Å². The number of nitrogens with zero attached hydrogens (tertiary/aromatic N) is 5. The van der Waals surface area contributed by atoms with Gasteiger partial charge < -0.3 is 9.80 Å². The molecule has 3 fully saturated rings. The number of fused-ring (bicyclic) bond motifs is 2. The molecule has 2 unspecified atom stereocenters. The minimum absolute atomic E-state index is 0.117. The molecule has 2 atom stereocenters. The molecule has 8 heteroatoms. The molecule has 0 bridgehead atoms. The Balaban J connectivity index is 1.28. The number of pyridine rings is 1. The molecule has 142 valence electrons. The summed E-state index contributed by atoms with van der Waals surface area (Å²) in [5, 5.41) is 8.63. The summed E-state index contributed by atoms with van der Waals surface area (Å²) in [6.07, 6.45) is 5.17. The van der Waals surface area contributed by atoms with Crippen LogP contribution in [0.25, 0.3) is 5.65 Å². The molecule has 0 aliphatic carbocycles. The molecule has 2 aromatic rings. The molecule has 3 aliphatic rings. The van der Waals surface area contributed by atoms with E-state index in [0.717, 1.165) is 36.5 Å². The Labute approximate surface area is 162 Å². The fraction of sp³-hybridized carbons (Fsp3) is 0.579. The number of rotatable bonds is 2. The first-order valence-corrected chi connectivity index (χ1v) is 10.6. The highest BCUT2D eigenvalue weighted by molar-refractivity contribution is 8.01. The second kappa shape index (κ2) is 6.22. The lowest BCUT2D eigenvalue weighted by molar-refractivity contribution is -0.144. The molecule has 0 spiro atoms. The summed E-state index contributed by atoms with van der Waals surface area (Å²) in [4.78, 5) is 29.1. The van der Waals surface area contributed by atoms with Gasteiger partial charge in [0.25, 0.3) is 0 Å². The van der Waals surface area contributed by atoms with Gasteiger partial charge in [0.15, 0.2) is 5.65 Å². The van der Waals surface area contributed by atoms with E-state index in [2.05, 4.69) is 17.1 Å². The van der Waals surface area contributed by atoms with Gasteiger partial charge in [-0.05, 0) is 38.3 Å². The molecule has 0 saturated carbocycles. The maximum Gasteiger partial charge on any atom is 0.246 e. The summed E-state index contributed by atoms with van der Waals surface area (Å²) < 4.78 is 2.05. The summed E-state index contributed by atoms with van der Waals surface area (Å²) in [6, 6.07) is 5.61. The van der Waals surface area contributed by atoms with Crippen LogP contribution in [-0.2, 0) is 9.59 Å². The molecule has 5 heterocycles. The van der Waals surface area contributed by atoms with Crippen molar-refractivity contribution in [3.05, 3.63) is 30.2 Å². The first-order chi connectivity index (χ1) is 13.1.